The molecular formula is C25H21F2N3O5. The van der Waals surface area contributed by atoms with Gasteiger partial charge in [0.05, 0.1) is 17.7 Å². The van der Waals surface area contributed by atoms with Crippen LogP contribution in [0.2, 0.25) is 0 Å². The first-order valence-electron chi connectivity index (χ1n) is 11.0. The summed E-state index contributed by atoms with van der Waals surface area (Å²) in [6.07, 6.45) is -1.07. The molecule has 180 valence electrons. The van der Waals surface area contributed by atoms with E-state index in [1.165, 1.54) is 29.7 Å². The summed E-state index contributed by atoms with van der Waals surface area (Å²) in [5.74, 6) is -0.351. The van der Waals surface area contributed by atoms with E-state index >= 15 is 0 Å². The van der Waals surface area contributed by atoms with Crippen LogP contribution < -0.4 is 20.3 Å². The van der Waals surface area contributed by atoms with Crippen molar-refractivity contribution in [2.45, 2.75) is 44.9 Å². The molecule has 1 aliphatic carbocycles. The van der Waals surface area contributed by atoms with E-state index in [0.29, 0.717) is 35.5 Å². The maximum atomic E-state index is 13.4. The SMILES string of the molecule is CC(=O)Cn1cc(-c2nc(NC(=O)C3(c4ccc5c(c4)OC(F)(F)O5)CC3)ccc2C)ccc1=O. The van der Waals surface area contributed by atoms with Gasteiger partial charge in [0, 0.05) is 17.8 Å². The molecule has 1 fully saturated rings. The summed E-state index contributed by atoms with van der Waals surface area (Å²) in [5, 5.41) is 2.83. The summed E-state index contributed by atoms with van der Waals surface area (Å²) in [6, 6.07) is 10.8. The van der Waals surface area contributed by atoms with Crippen LogP contribution in [0.1, 0.15) is 30.9 Å². The van der Waals surface area contributed by atoms with Gasteiger partial charge >= 0.3 is 6.29 Å². The number of hydrogen-bond acceptors (Lipinski definition) is 6. The molecule has 35 heavy (non-hydrogen) atoms. The van der Waals surface area contributed by atoms with Gasteiger partial charge in [-0.3, -0.25) is 14.4 Å². The highest BCUT2D eigenvalue weighted by Gasteiger charge is 2.53. The number of carbonyl (C=O) groups excluding carboxylic acids is 2. The van der Waals surface area contributed by atoms with Crippen molar-refractivity contribution in [1.29, 1.82) is 0 Å². The van der Waals surface area contributed by atoms with Crippen LogP contribution in [0.25, 0.3) is 11.3 Å². The molecule has 8 nitrogen and oxygen atoms in total. The third-order valence-electron chi connectivity index (χ3n) is 6.13. The number of nitrogens with one attached hydrogen (secondary N) is 1. The van der Waals surface area contributed by atoms with Crippen LogP contribution in [-0.2, 0) is 21.5 Å². The number of halogens is 2. The number of aryl methyl sites for hydroxylation is 1. The second kappa shape index (κ2) is 8.00. The number of rotatable bonds is 6. The average Bonchev–Trinajstić information content (AvgIpc) is 3.53. The molecule has 3 heterocycles. The third-order valence-corrected chi connectivity index (χ3v) is 6.13. The van der Waals surface area contributed by atoms with Gasteiger partial charge < -0.3 is 19.4 Å². The smallest absolute Gasteiger partial charge is 0.395 e. The number of hydrogen-bond donors (Lipinski definition) is 1. The van der Waals surface area contributed by atoms with Gasteiger partial charge in [0.15, 0.2) is 11.5 Å². The van der Waals surface area contributed by atoms with Crippen molar-refractivity contribution in [3.05, 3.63) is 70.1 Å². The highest BCUT2D eigenvalue weighted by atomic mass is 19.3. The van der Waals surface area contributed by atoms with Crippen LogP contribution in [0.4, 0.5) is 14.6 Å². The highest BCUT2D eigenvalue weighted by molar-refractivity contribution is 6.01. The topological polar surface area (TPSA) is 99.5 Å². The van der Waals surface area contributed by atoms with Crippen molar-refractivity contribution in [2.75, 3.05) is 5.32 Å². The van der Waals surface area contributed by atoms with Crippen molar-refractivity contribution in [3.8, 4) is 22.8 Å². The van der Waals surface area contributed by atoms with E-state index in [4.69, 9.17) is 0 Å². The van der Waals surface area contributed by atoms with Crippen LogP contribution in [0.5, 0.6) is 11.5 Å². The number of aromatic nitrogens is 2. The van der Waals surface area contributed by atoms with Crippen LogP contribution in [0.3, 0.4) is 0 Å². The molecule has 0 unspecified atom stereocenters. The van der Waals surface area contributed by atoms with Gasteiger partial charge in [-0.25, -0.2) is 4.98 Å². The summed E-state index contributed by atoms with van der Waals surface area (Å²) in [4.78, 5) is 41.4. The Morgan fingerprint density at radius 2 is 1.83 bits per heavy atom. The molecule has 1 amide bonds. The molecule has 10 heteroatoms. The van der Waals surface area contributed by atoms with Crippen LogP contribution >= 0.6 is 0 Å². The maximum Gasteiger partial charge on any atom is 0.586 e. The molecule has 2 aromatic heterocycles. The quantitative estimate of drug-likeness (QED) is 0.575. The van der Waals surface area contributed by atoms with E-state index in [-0.39, 0.29) is 35.3 Å². The monoisotopic (exact) mass is 481 g/mol. The lowest BCUT2D eigenvalue weighted by molar-refractivity contribution is -0.286. The highest BCUT2D eigenvalue weighted by Crippen LogP contribution is 2.52. The zero-order valence-corrected chi connectivity index (χ0v) is 18.9. The van der Waals surface area contributed by atoms with Gasteiger partial charge in [-0.05, 0) is 62.1 Å². The fourth-order valence-corrected chi connectivity index (χ4v) is 4.18. The Kier molecular flexibility index (Phi) is 5.19. The normalized spacial score (nSPS) is 16.6. The van der Waals surface area contributed by atoms with Crippen molar-refractivity contribution in [2.24, 2.45) is 0 Å². The minimum atomic E-state index is -3.73. The molecule has 1 N–H and O–H groups in total. The lowest BCUT2D eigenvalue weighted by atomic mass is 9.94. The molecule has 1 aliphatic heterocycles. The summed E-state index contributed by atoms with van der Waals surface area (Å²) < 4.78 is 37.0. The number of Topliss-reactive ketones (excluding diaryl/α,β-unsaturated/α-hetero) is 1. The number of fused-ring (bicyclic) bond motifs is 1. The molecule has 0 saturated heterocycles. The second-order valence-electron chi connectivity index (χ2n) is 8.81. The average molecular weight is 481 g/mol. The minimum Gasteiger partial charge on any atom is -0.395 e. The zero-order valence-electron chi connectivity index (χ0n) is 18.9. The van der Waals surface area contributed by atoms with Gasteiger partial charge in [-0.1, -0.05) is 12.1 Å². The van der Waals surface area contributed by atoms with E-state index in [9.17, 15) is 23.2 Å². The van der Waals surface area contributed by atoms with E-state index in [0.717, 1.165) is 5.56 Å². The number of ketones is 1. The first kappa shape index (κ1) is 22.7. The molecule has 1 saturated carbocycles. The summed E-state index contributed by atoms with van der Waals surface area (Å²) in [6.45, 7) is 3.20. The molecule has 0 bridgehead atoms. The first-order chi connectivity index (χ1) is 16.6. The Hall–Kier alpha value is -4.08. The largest absolute Gasteiger partial charge is 0.586 e. The predicted molar refractivity (Wildman–Crippen MR) is 122 cm³/mol. The molecule has 0 atom stereocenters. The molecule has 0 spiro atoms. The number of pyridine rings is 2. The molecule has 3 aromatic rings. The Bertz CT molecular complexity index is 1430. The van der Waals surface area contributed by atoms with Crippen molar-refractivity contribution in [1.82, 2.24) is 9.55 Å². The Morgan fingerprint density at radius 1 is 1.09 bits per heavy atom. The summed E-state index contributed by atoms with van der Waals surface area (Å²) >= 11 is 0. The van der Waals surface area contributed by atoms with Crippen LogP contribution in [-0.4, -0.2) is 27.5 Å². The number of alkyl halides is 2. The third kappa shape index (κ3) is 4.27. The Balaban J connectivity index is 1.40. The first-order valence-corrected chi connectivity index (χ1v) is 11.0. The van der Waals surface area contributed by atoms with Crippen molar-refractivity contribution >= 4 is 17.5 Å². The lowest BCUT2D eigenvalue weighted by Crippen LogP contribution is -2.28. The number of amides is 1. The minimum absolute atomic E-state index is 0.0495. The number of nitrogens with zero attached hydrogens (tertiary/aromatic N) is 2. The maximum absolute atomic E-state index is 13.4. The number of ether oxygens (including phenoxy) is 2. The van der Waals surface area contributed by atoms with E-state index in [1.807, 2.05) is 6.92 Å². The van der Waals surface area contributed by atoms with E-state index in [1.54, 1.807) is 30.5 Å². The van der Waals surface area contributed by atoms with E-state index < -0.39 is 11.7 Å². The molecule has 2 aliphatic rings. The van der Waals surface area contributed by atoms with Crippen molar-refractivity contribution < 1.29 is 27.8 Å². The van der Waals surface area contributed by atoms with Gasteiger partial charge in [0.1, 0.15) is 11.6 Å². The fraction of sp³-hybridized carbons (Fsp3) is 0.280. The van der Waals surface area contributed by atoms with Crippen LogP contribution in [0, 0.1) is 6.92 Å². The Morgan fingerprint density at radius 3 is 2.54 bits per heavy atom. The van der Waals surface area contributed by atoms with E-state index in [2.05, 4.69) is 19.8 Å². The molecule has 0 radical (unpaired) electrons. The fourth-order valence-electron chi connectivity index (χ4n) is 4.18. The molecule has 5 rings (SSSR count). The number of carbonyl (C=O) groups is 2. The van der Waals surface area contributed by atoms with Gasteiger partial charge in [0.25, 0.3) is 5.56 Å². The molecule has 1 aromatic carbocycles. The van der Waals surface area contributed by atoms with Gasteiger partial charge in [-0.15, -0.1) is 8.78 Å². The zero-order chi connectivity index (χ0) is 25.0. The summed E-state index contributed by atoms with van der Waals surface area (Å²) in [7, 11) is 0. The van der Waals surface area contributed by atoms with Gasteiger partial charge in [0.2, 0.25) is 5.91 Å². The number of anilines is 1. The standard InChI is InChI=1S/C25H21F2N3O5/c1-14-3-7-20(28-22(14)16-4-8-21(32)30(13-16)12-15(2)31)29-23(33)24(9-10-24)17-5-6-18-19(11-17)35-25(26,27)34-18/h3-8,11,13H,9-10,12H2,1-2H3,(H,28,29,33). The lowest BCUT2D eigenvalue weighted by Gasteiger charge is -2.17. The summed E-state index contributed by atoms with van der Waals surface area (Å²) in [5.41, 5.74) is 1.36. The Labute approximate surface area is 198 Å². The van der Waals surface area contributed by atoms with Crippen molar-refractivity contribution in [3.63, 3.8) is 0 Å². The predicted octanol–water partition coefficient (Wildman–Crippen LogP) is 3.80. The van der Waals surface area contributed by atoms with Crippen LogP contribution in [0.15, 0.2) is 53.5 Å². The second-order valence-corrected chi connectivity index (χ2v) is 8.81. The molecular weight excluding hydrogens is 460 g/mol. The van der Waals surface area contributed by atoms with Gasteiger partial charge in [-0.2, -0.15) is 0 Å². The number of benzene rings is 1.